The van der Waals surface area contributed by atoms with Crippen LogP contribution in [0, 0.1) is 0 Å². The minimum atomic E-state index is -0.138. The zero-order valence-electron chi connectivity index (χ0n) is 24.5. The Bertz CT molecular complexity index is 1650. The molecule has 10 nitrogen and oxygen atoms in total. The molecule has 4 aromatic rings. The van der Waals surface area contributed by atoms with Crippen LogP contribution in [0.3, 0.4) is 0 Å². The second-order valence-electron chi connectivity index (χ2n) is 11.8. The first kappa shape index (κ1) is 27.7. The summed E-state index contributed by atoms with van der Waals surface area (Å²) in [6, 6.07) is 12.5. The molecule has 6 heterocycles. The van der Waals surface area contributed by atoms with Crippen molar-refractivity contribution in [3.8, 4) is 22.5 Å². The predicted octanol–water partition coefficient (Wildman–Crippen LogP) is 3.90. The molecule has 1 aromatic carbocycles. The lowest BCUT2D eigenvalue weighted by molar-refractivity contribution is -0.129. The van der Waals surface area contributed by atoms with E-state index in [1.165, 1.54) is 5.69 Å². The number of rotatable bonds is 5. The topological polar surface area (TPSA) is 114 Å². The molecule has 3 aliphatic rings. The minimum absolute atomic E-state index is 0.0861. The monoisotopic (exact) mass is 579 g/mol. The van der Waals surface area contributed by atoms with Gasteiger partial charge in [-0.3, -0.25) is 24.2 Å². The number of carbonyl (C=O) groups excluding carboxylic acids is 2. The van der Waals surface area contributed by atoms with Gasteiger partial charge in [-0.05, 0) is 62.4 Å². The van der Waals surface area contributed by atoms with Crippen LogP contribution >= 0.6 is 0 Å². The van der Waals surface area contributed by atoms with E-state index in [0.29, 0.717) is 24.8 Å². The molecule has 2 N–H and O–H groups in total. The maximum atomic E-state index is 12.7. The van der Waals surface area contributed by atoms with Crippen molar-refractivity contribution < 1.29 is 14.3 Å². The maximum Gasteiger partial charge on any atom is 0.270 e. The number of aromatic nitrogens is 4. The number of benzene rings is 1. The number of ether oxygens (including phenoxy) is 1. The summed E-state index contributed by atoms with van der Waals surface area (Å²) >= 11 is 0. The first-order valence-corrected chi connectivity index (χ1v) is 15.4. The molecule has 2 fully saturated rings. The summed E-state index contributed by atoms with van der Waals surface area (Å²) in [7, 11) is 0. The summed E-state index contributed by atoms with van der Waals surface area (Å²) in [4.78, 5) is 36.3. The summed E-state index contributed by atoms with van der Waals surface area (Å²) in [6.45, 7) is 6.24. The van der Waals surface area contributed by atoms with Crippen LogP contribution in [-0.2, 0) is 22.5 Å². The third kappa shape index (κ3) is 5.52. The fraction of sp³-hybridized carbons (Fsp3) is 0.424. The van der Waals surface area contributed by atoms with E-state index < -0.39 is 0 Å². The molecule has 2 saturated heterocycles. The van der Waals surface area contributed by atoms with Gasteiger partial charge < -0.3 is 20.3 Å². The lowest BCUT2D eigenvalue weighted by Crippen LogP contribution is -2.42. The second-order valence-corrected chi connectivity index (χ2v) is 11.8. The quantitative estimate of drug-likeness (QED) is 0.369. The van der Waals surface area contributed by atoms with Gasteiger partial charge in [-0.25, -0.2) is 0 Å². The molecule has 222 valence electrons. The van der Waals surface area contributed by atoms with E-state index >= 15 is 0 Å². The van der Waals surface area contributed by atoms with Crippen molar-refractivity contribution in [1.29, 1.82) is 0 Å². The number of nitrogens with one attached hydrogen (secondary N) is 2. The van der Waals surface area contributed by atoms with Crippen LogP contribution in [0.15, 0.2) is 48.8 Å². The zero-order valence-corrected chi connectivity index (χ0v) is 24.5. The first-order valence-electron chi connectivity index (χ1n) is 15.4. The Balaban J connectivity index is 1.20. The van der Waals surface area contributed by atoms with E-state index in [9.17, 15) is 9.59 Å². The van der Waals surface area contributed by atoms with Gasteiger partial charge in [-0.1, -0.05) is 18.2 Å². The zero-order chi connectivity index (χ0) is 29.3. The smallest absolute Gasteiger partial charge is 0.270 e. The molecule has 0 aliphatic carbocycles. The summed E-state index contributed by atoms with van der Waals surface area (Å²) in [5, 5.41) is 13.7. The van der Waals surface area contributed by atoms with Gasteiger partial charge in [0.2, 0.25) is 5.91 Å². The molecule has 0 saturated carbocycles. The minimum Gasteiger partial charge on any atom is -0.381 e. The van der Waals surface area contributed by atoms with Crippen molar-refractivity contribution in [2.24, 2.45) is 0 Å². The average molecular weight is 580 g/mol. The molecule has 0 spiro atoms. The molecule has 0 radical (unpaired) electrons. The summed E-state index contributed by atoms with van der Waals surface area (Å²) in [5.74, 6) is -0.0514. The highest BCUT2D eigenvalue weighted by molar-refractivity contribution is 5.98. The Hall–Kier alpha value is -4.15. The molecule has 3 aromatic heterocycles. The van der Waals surface area contributed by atoms with Gasteiger partial charge in [-0.15, -0.1) is 0 Å². The summed E-state index contributed by atoms with van der Waals surface area (Å²) < 4.78 is 7.85. The summed E-state index contributed by atoms with van der Waals surface area (Å²) in [6.07, 6.45) is 8.17. The van der Waals surface area contributed by atoms with E-state index in [1.54, 1.807) is 19.2 Å². The molecule has 3 aliphatic heterocycles. The van der Waals surface area contributed by atoms with Crippen molar-refractivity contribution >= 4 is 22.6 Å². The number of amides is 2. The molecule has 0 atom stereocenters. The number of pyridine rings is 2. The van der Waals surface area contributed by atoms with Gasteiger partial charge in [0.05, 0.1) is 17.4 Å². The van der Waals surface area contributed by atoms with Crippen LogP contribution in [-0.4, -0.2) is 75.4 Å². The second kappa shape index (κ2) is 11.9. The number of piperidine rings is 1. The van der Waals surface area contributed by atoms with Gasteiger partial charge in [-0.2, -0.15) is 5.10 Å². The number of hydrogen-bond donors (Lipinski definition) is 2. The predicted molar refractivity (Wildman–Crippen MR) is 163 cm³/mol. The largest absolute Gasteiger partial charge is 0.381 e. The highest BCUT2D eigenvalue weighted by Gasteiger charge is 2.30. The van der Waals surface area contributed by atoms with Crippen LogP contribution in [0.4, 0.5) is 0 Å². The van der Waals surface area contributed by atoms with Crippen molar-refractivity contribution in [2.45, 2.75) is 57.7 Å². The fourth-order valence-corrected chi connectivity index (χ4v) is 6.60. The number of nitrogens with zero attached hydrogens (tertiary/aromatic N) is 5. The van der Waals surface area contributed by atoms with Crippen molar-refractivity contribution in [1.82, 2.24) is 35.3 Å². The highest BCUT2D eigenvalue weighted by Crippen LogP contribution is 2.37. The van der Waals surface area contributed by atoms with E-state index in [2.05, 4.69) is 44.6 Å². The van der Waals surface area contributed by atoms with Crippen molar-refractivity contribution in [3.05, 3.63) is 65.7 Å². The molecular weight excluding hydrogens is 542 g/mol. The van der Waals surface area contributed by atoms with E-state index in [0.717, 1.165) is 97.3 Å². The van der Waals surface area contributed by atoms with E-state index in [4.69, 9.17) is 14.8 Å². The highest BCUT2D eigenvalue weighted by atomic mass is 16.5. The molecule has 43 heavy (non-hydrogen) atoms. The number of fused-ring (bicyclic) bond motifs is 2. The first-order chi connectivity index (χ1) is 21.0. The Morgan fingerprint density at radius 2 is 1.86 bits per heavy atom. The van der Waals surface area contributed by atoms with Gasteiger partial charge in [0.1, 0.15) is 5.69 Å². The molecular formula is C33H37N7O3. The third-order valence-corrected chi connectivity index (χ3v) is 9.05. The Morgan fingerprint density at radius 3 is 2.63 bits per heavy atom. The van der Waals surface area contributed by atoms with Crippen LogP contribution < -0.4 is 10.6 Å². The SMILES string of the molecule is CC(=O)N1CCc2c(c(-c3cccc4cc(-c5ccc(C(=O)NC6CCNCC6)nc5)ncc34)nn2C2CCOCC2)C1. The van der Waals surface area contributed by atoms with Crippen molar-refractivity contribution in [2.75, 3.05) is 32.8 Å². The third-order valence-electron chi connectivity index (χ3n) is 9.05. The molecule has 0 unspecified atom stereocenters. The fourth-order valence-electron chi connectivity index (χ4n) is 6.60. The summed E-state index contributed by atoms with van der Waals surface area (Å²) in [5.41, 5.74) is 6.37. The number of carbonyl (C=O) groups is 2. The van der Waals surface area contributed by atoms with Gasteiger partial charge in [0, 0.05) is 85.9 Å². The van der Waals surface area contributed by atoms with E-state index in [1.807, 2.05) is 17.2 Å². The van der Waals surface area contributed by atoms with Gasteiger partial charge in [0.25, 0.3) is 5.91 Å². The Kier molecular flexibility index (Phi) is 7.63. The lowest BCUT2D eigenvalue weighted by atomic mass is 9.96. The van der Waals surface area contributed by atoms with Crippen molar-refractivity contribution in [3.63, 3.8) is 0 Å². The average Bonchev–Trinajstić information content (AvgIpc) is 3.44. The van der Waals surface area contributed by atoms with Crippen LogP contribution in [0.25, 0.3) is 33.3 Å². The molecule has 7 rings (SSSR count). The van der Waals surface area contributed by atoms with Crippen LogP contribution in [0.2, 0.25) is 0 Å². The standard InChI is InChI=1S/C33H37N7O3/c1-21(41)39-14-9-31-28(20-39)32(38-40(31)25-10-15-43-16-11-25)26-4-2-3-22-17-30(36-19-27(22)26)23-5-6-29(35-18-23)33(42)37-24-7-12-34-13-8-24/h2-6,17-19,24-25,34H,7-16,20H2,1H3,(H,37,42). The van der Waals surface area contributed by atoms with Gasteiger partial charge in [0.15, 0.2) is 0 Å². The molecule has 10 heteroatoms. The number of hydrogen-bond acceptors (Lipinski definition) is 7. The normalized spacial score (nSPS) is 18.0. The van der Waals surface area contributed by atoms with Gasteiger partial charge >= 0.3 is 0 Å². The molecule has 0 bridgehead atoms. The maximum absolute atomic E-state index is 12.7. The molecule has 2 amide bonds. The Labute approximate surface area is 250 Å². The lowest BCUT2D eigenvalue weighted by Gasteiger charge is -2.29. The Morgan fingerprint density at radius 1 is 1.02 bits per heavy atom. The van der Waals surface area contributed by atoms with Crippen LogP contribution in [0.5, 0.6) is 0 Å². The van der Waals surface area contributed by atoms with E-state index in [-0.39, 0.29) is 17.9 Å². The van der Waals surface area contributed by atoms with Crippen LogP contribution in [0.1, 0.15) is 60.4 Å².